The highest BCUT2D eigenvalue weighted by atomic mass is 16.5. The van der Waals surface area contributed by atoms with E-state index in [0.29, 0.717) is 13.0 Å². The number of nitrogens with one attached hydrogen (secondary N) is 1. The number of carbonyl (C=O) groups is 1. The zero-order chi connectivity index (χ0) is 14.1. The third-order valence-corrected chi connectivity index (χ3v) is 2.91. The van der Waals surface area contributed by atoms with E-state index in [9.17, 15) is 4.79 Å². The first-order valence-electron chi connectivity index (χ1n) is 7.09. The summed E-state index contributed by atoms with van der Waals surface area (Å²) in [7, 11) is 0. The van der Waals surface area contributed by atoms with Crippen molar-refractivity contribution in [1.29, 1.82) is 0 Å². The van der Waals surface area contributed by atoms with Gasteiger partial charge in [-0.15, -0.1) is 0 Å². The molecule has 1 rings (SSSR count). The van der Waals surface area contributed by atoms with Crippen LogP contribution in [0.4, 0.5) is 5.69 Å². The molecule has 0 saturated carbocycles. The lowest BCUT2D eigenvalue weighted by molar-refractivity contribution is -0.143. The van der Waals surface area contributed by atoms with Gasteiger partial charge >= 0.3 is 5.97 Å². The Morgan fingerprint density at radius 3 is 2.42 bits per heavy atom. The first-order chi connectivity index (χ1) is 9.11. The zero-order valence-electron chi connectivity index (χ0n) is 12.3. The molecular weight excluding hydrogens is 238 g/mol. The van der Waals surface area contributed by atoms with Crippen LogP contribution in [0.3, 0.4) is 0 Å². The van der Waals surface area contributed by atoms with Gasteiger partial charge in [-0.1, -0.05) is 12.5 Å². The van der Waals surface area contributed by atoms with Crippen molar-refractivity contribution in [1.82, 2.24) is 0 Å². The first-order valence-corrected chi connectivity index (χ1v) is 7.09. The average molecular weight is 263 g/mol. The molecule has 1 aromatic carbocycles. The quantitative estimate of drug-likeness (QED) is 0.572. The van der Waals surface area contributed by atoms with Gasteiger partial charge < -0.3 is 10.1 Å². The number of anilines is 1. The van der Waals surface area contributed by atoms with Crippen LogP contribution in [-0.4, -0.2) is 19.1 Å². The summed E-state index contributed by atoms with van der Waals surface area (Å²) >= 11 is 0. The van der Waals surface area contributed by atoms with E-state index < -0.39 is 0 Å². The molecule has 19 heavy (non-hydrogen) atoms. The van der Waals surface area contributed by atoms with Crippen LogP contribution in [0.25, 0.3) is 0 Å². The average Bonchev–Trinajstić information content (AvgIpc) is 2.32. The van der Waals surface area contributed by atoms with Crippen molar-refractivity contribution >= 4 is 11.7 Å². The van der Waals surface area contributed by atoms with Crippen LogP contribution < -0.4 is 5.32 Å². The molecule has 106 valence electrons. The largest absolute Gasteiger partial charge is 0.466 e. The minimum atomic E-state index is -0.0789. The Labute approximate surface area is 116 Å². The lowest BCUT2D eigenvalue weighted by Crippen LogP contribution is -2.05. The number of benzene rings is 1. The molecule has 0 aliphatic rings. The molecule has 1 aromatic rings. The normalized spacial score (nSPS) is 10.3. The van der Waals surface area contributed by atoms with E-state index in [0.717, 1.165) is 25.8 Å². The van der Waals surface area contributed by atoms with Gasteiger partial charge in [0.2, 0.25) is 0 Å². The van der Waals surface area contributed by atoms with Gasteiger partial charge in [0.1, 0.15) is 0 Å². The van der Waals surface area contributed by atoms with Crippen LogP contribution in [-0.2, 0) is 9.53 Å². The summed E-state index contributed by atoms with van der Waals surface area (Å²) in [6.45, 7) is 7.49. The predicted molar refractivity (Wildman–Crippen MR) is 79.5 cm³/mol. The standard InChI is InChI=1S/C16H25NO2/c1-4-19-16(18)8-6-5-7-9-17-15-11-13(2)10-14(3)12-15/h10-12,17H,4-9H2,1-3H3. The Morgan fingerprint density at radius 2 is 1.79 bits per heavy atom. The Bertz CT molecular complexity index is 381. The fourth-order valence-corrected chi connectivity index (χ4v) is 2.11. The number of ether oxygens (including phenoxy) is 1. The fraction of sp³-hybridized carbons (Fsp3) is 0.562. The number of unbranched alkanes of at least 4 members (excludes halogenated alkanes) is 2. The molecule has 0 heterocycles. The van der Waals surface area contributed by atoms with E-state index in [4.69, 9.17) is 4.74 Å². The Kier molecular flexibility index (Phi) is 7.01. The number of hydrogen-bond acceptors (Lipinski definition) is 3. The zero-order valence-corrected chi connectivity index (χ0v) is 12.3. The molecule has 0 saturated heterocycles. The lowest BCUT2D eigenvalue weighted by Gasteiger charge is -2.08. The van der Waals surface area contributed by atoms with Gasteiger partial charge in [-0.3, -0.25) is 4.79 Å². The second kappa shape index (κ2) is 8.57. The topological polar surface area (TPSA) is 38.3 Å². The van der Waals surface area contributed by atoms with Crippen LogP contribution in [0.1, 0.15) is 43.7 Å². The number of rotatable bonds is 8. The van der Waals surface area contributed by atoms with E-state index in [-0.39, 0.29) is 5.97 Å². The van der Waals surface area contributed by atoms with E-state index in [2.05, 4.69) is 37.4 Å². The molecule has 0 unspecified atom stereocenters. The molecular formula is C16H25NO2. The maximum absolute atomic E-state index is 11.1. The maximum atomic E-state index is 11.1. The van der Waals surface area contributed by atoms with Crippen LogP contribution in [0, 0.1) is 13.8 Å². The van der Waals surface area contributed by atoms with Gasteiger partial charge in [-0.05, 0) is 56.9 Å². The van der Waals surface area contributed by atoms with Crippen molar-refractivity contribution in [2.75, 3.05) is 18.5 Å². The minimum absolute atomic E-state index is 0.0789. The van der Waals surface area contributed by atoms with E-state index in [1.165, 1.54) is 16.8 Å². The number of esters is 1. The van der Waals surface area contributed by atoms with Crippen molar-refractivity contribution in [3.8, 4) is 0 Å². The summed E-state index contributed by atoms with van der Waals surface area (Å²) in [5.74, 6) is -0.0789. The number of carbonyl (C=O) groups excluding carboxylic acids is 1. The Morgan fingerprint density at radius 1 is 1.11 bits per heavy atom. The summed E-state index contributed by atoms with van der Waals surface area (Å²) in [6.07, 6.45) is 3.58. The van der Waals surface area contributed by atoms with Crippen LogP contribution in [0.5, 0.6) is 0 Å². The lowest BCUT2D eigenvalue weighted by atomic mass is 10.1. The van der Waals surface area contributed by atoms with E-state index >= 15 is 0 Å². The minimum Gasteiger partial charge on any atom is -0.466 e. The van der Waals surface area contributed by atoms with Crippen molar-refractivity contribution < 1.29 is 9.53 Å². The van der Waals surface area contributed by atoms with Crippen molar-refractivity contribution in [3.63, 3.8) is 0 Å². The van der Waals surface area contributed by atoms with Crippen molar-refractivity contribution in [2.45, 2.75) is 46.5 Å². The molecule has 0 amide bonds. The molecule has 3 heteroatoms. The maximum Gasteiger partial charge on any atom is 0.305 e. The molecule has 3 nitrogen and oxygen atoms in total. The molecule has 0 aliphatic heterocycles. The van der Waals surface area contributed by atoms with Crippen LogP contribution >= 0.6 is 0 Å². The highest BCUT2D eigenvalue weighted by Gasteiger charge is 2.00. The Balaban J connectivity index is 2.12. The van der Waals surface area contributed by atoms with Crippen LogP contribution in [0.2, 0.25) is 0 Å². The van der Waals surface area contributed by atoms with E-state index in [1.54, 1.807) is 0 Å². The molecule has 0 bridgehead atoms. The van der Waals surface area contributed by atoms with Gasteiger partial charge in [0.15, 0.2) is 0 Å². The van der Waals surface area contributed by atoms with Gasteiger partial charge in [0, 0.05) is 18.7 Å². The molecule has 0 fully saturated rings. The van der Waals surface area contributed by atoms with Crippen LogP contribution in [0.15, 0.2) is 18.2 Å². The molecule has 1 N–H and O–H groups in total. The monoisotopic (exact) mass is 263 g/mol. The highest BCUT2D eigenvalue weighted by Crippen LogP contribution is 2.14. The van der Waals surface area contributed by atoms with Crippen molar-refractivity contribution in [3.05, 3.63) is 29.3 Å². The van der Waals surface area contributed by atoms with Crippen molar-refractivity contribution in [2.24, 2.45) is 0 Å². The first kappa shape index (κ1) is 15.5. The fourth-order valence-electron chi connectivity index (χ4n) is 2.11. The van der Waals surface area contributed by atoms with Gasteiger partial charge in [0.05, 0.1) is 6.61 Å². The van der Waals surface area contributed by atoms with Gasteiger partial charge in [-0.2, -0.15) is 0 Å². The Hall–Kier alpha value is -1.51. The predicted octanol–water partition coefficient (Wildman–Crippen LogP) is 3.84. The summed E-state index contributed by atoms with van der Waals surface area (Å²) in [4.78, 5) is 11.1. The third kappa shape index (κ3) is 6.85. The molecule has 0 radical (unpaired) electrons. The SMILES string of the molecule is CCOC(=O)CCCCCNc1cc(C)cc(C)c1. The summed E-state index contributed by atoms with van der Waals surface area (Å²) in [5, 5.41) is 3.42. The second-order valence-corrected chi connectivity index (χ2v) is 4.92. The highest BCUT2D eigenvalue weighted by molar-refractivity contribution is 5.69. The summed E-state index contributed by atoms with van der Waals surface area (Å²) in [6, 6.07) is 6.49. The van der Waals surface area contributed by atoms with Gasteiger partial charge in [0.25, 0.3) is 0 Å². The molecule has 0 atom stereocenters. The third-order valence-electron chi connectivity index (χ3n) is 2.91. The molecule has 0 aliphatic carbocycles. The van der Waals surface area contributed by atoms with Gasteiger partial charge in [-0.25, -0.2) is 0 Å². The number of aryl methyl sites for hydroxylation is 2. The molecule has 0 spiro atoms. The van der Waals surface area contributed by atoms with E-state index in [1.807, 2.05) is 6.92 Å². The summed E-state index contributed by atoms with van der Waals surface area (Å²) in [5.41, 5.74) is 3.75. The number of hydrogen-bond donors (Lipinski definition) is 1. The smallest absolute Gasteiger partial charge is 0.305 e. The molecule has 0 aromatic heterocycles. The second-order valence-electron chi connectivity index (χ2n) is 4.92. The summed E-state index contributed by atoms with van der Waals surface area (Å²) < 4.78 is 4.89.